The van der Waals surface area contributed by atoms with E-state index in [2.05, 4.69) is 23.5 Å². The first kappa shape index (κ1) is 21.7. The molecular formula is C24H31N3O3S. The number of rotatable bonds is 5. The lowest BCUT2D eigenvalue weighted by atomic mass is 9.87. The fourth-order valence-corrected chi connectivity index (χ4v) is 5.73. The van der Waals surface area contributed by atoms with Crippen LogP contribution in [-0.2, 0) is 20.2 Å². The second kappa shape index (κ2) is 7.86. The zero-order chi connectivity index (χ0) is 22.4. The van der Waals surface area contributed by atoms with Gasteiger partial charge in [0.15, 0.2) is 0 Å². The standard InChI is InChI=1S/C24H31N3O3S/c1-17-8-7-9-21(18(17)2)25-31(29,30)19-10-11-22-20(14-19)24(3,4)16-27(22)15-23(28)26-12-5-6-13-26/h7-11,14,25H,5-6,12-13,15-16H2,1-4H3. The molecular weight excluding hydrogens is 410 g/mol. The van der Waals surface area contributed by atoms with Crippen molar-refractivity contribution < 1.29 is 13.2 Å². The van der Waals surface area contributed by atoms with Crippen LogP contribution in [0.4, 0.5) is 11.4 Å². The molecule has 7 heteroatoms. The van der Waals surface area contributed by atoms with Gasteiger partial charge in [-0.15, -0.1) is 0 Å². The summed E-state index contributed by atoms with van der Waals surface area (Å²) in [7, 11) is -3.72. The van der Waals surface area contributed by atoms with E-state index in [4.69, 9.17) is 0 Å². The van der Waals surface area contributed by atoms with Crippen molar-refractivity contribution in [2.24, 2.45) is 0 Å². The Hall–Kier alpha value is -2.54. The summed E-state index contributed by atoms with van der Waals surface area (Å²) in [5.41, 5.74) is 4.21. The summed E-state index contributed by atoms with van der Waals surface area (Å²) >= 11 is 0. The third-order valence-corrected chi connectivity index (χ3v) is 7.93. The number of hydrogen-bond donors (Lipinski definition) is 1. The first-order valence-electron chi connectivity index (χ1n) is 10.8. The van der Waals surface area contributed by atoms with Crippen LogP contribution in [0.3, 0.4) is 0 Å². The number of carbonyl (C=O) groups excluding carboxylic acids is 1. The van der Waals surface area contributed by atoms with Crippen molar-refractivity contribution in [2.75, 3.05) is 35.8 Å². The van der Waals surface area contributed by atoms with Crippen LogP contribution < -0.4 is 9.62 Å². The van der Waals surface area contributed by atoms with Crippen LogP contribution in [0.2, 0.25) is 0 Å². The zero-order valence-electron chi connectivity index (χ0n) is 18.7. The van der Waals surface area contributed by atoms with Gasteiger partial charge in [-0.2, -0.15) is 0 Å². The molecule has 2 heterocycles. The Morgan fingerprint density at radius 3 is 2.52 bits per heavy atom. The minimum absolute atomic E-state index is 0.148. The van der Waals surface area contributed by atoms with Crippen LogP contribution in [0.5, 0.6) is 0 Å². The predicted molar refractivity (Wildman–Crippen MR) is 124 cm³/mol. The Kier molecular flexibility index (Phi) is 5.50. The van der Waals surface area contributed by atoms with Gasteiger partial charge in [-0.05, 0) is 67.6 Å². The molecule has 0 aliphatic carbocycles. The summed E-state index contributed by atoms with van der Waals surface area (Å²) in [6.07, 6.45) is 2.14. The minimum atomic E-state index is -3.72. The predicted octanol–water partition coefficient (Wildman–Crippen LogP) is 3.82. The van der Waals surface area contributed by atoms with Crippen molar-refractivity contribution >= 4 is 27.3 Å². The summed E-state index contributed by atoms with van der Waals surface area (Å²) < 4.78 is 29.0. The molecule has 0 bridgehead atoms. The Labute approximate surface area is 185 Å². The summed E-state index contributed by atoms with van der Waals surface area (Å²) in [4.78, 5) is 16.9. The average Bonchev–Trinajstić information content (AvgIpc) is 3.32. The summed E-state index contributed by atoms with van der Waals surface area (Å²) in [6, 6.07) is 10.8. The van der Waals surface area contributed by atoms with E-state index < -0.39 is 10.0 Å². The third-order valence-electron chi connectivity index (χ3n) is 6.57. The number of sulfonamides is 1. The Bertz CT molecular complexity index is 1120. The molecule has 1 amide bonds. The van der Waals surface area contributed by atoms with Gasteiger partial charge in [-0.3, -0.25) is 9.52 Å². The summed E-state index contributed by atoms with van der Waals surface area (Å²) in [5, 5.41) is 0. The van der Waals surface area contributed by atoms with Crippen molar-refractivity contribution in [2.45, 2.75) is 50.8 Å². The van der Waals surface area contributed by atoms with Gasteiger partial charge in [0.2, 0.25) is 5.91 Å². The molecule has 4 rings (SSSR count). The van der Waals surface area contributed by atoms with Gasteiger partial charge in [0.25, 0.3) is 10.0 Å². The number of hydrogen-bond acceptors (Lipinski definition) is 4. The largest absolute Gasteiger partial charge is 0.361 e. The maximum atomic E-state index is 13.1. The highest BCUT2D eigenvalue weighted by molar-refractivity contribution is 7.92. The van der Waals surface area contributed by atoms with Gasteiger partial charge in [0.1, 0.15) is 0 Å². The quantitative estimate of drug-likeness (QED) is 0.766. The molecule has 0 saturated carbocycles. The summed E-state index contributed by atoms with van der Waals surface area (Å²) in [5.74, 6) is 0.148. The Morgan fingerprint density at radius 2 is 1.81 bits per heavy atom. The van der Waals surface area contributed by atoms with E-state index in [1.54, 1.807) is 18.2 Å². The molecule has 1 saturated heterocycles. The number of fused-ring (bicyclic) bond motifs is 1. The van der Waals surface area contributed by atoms with Crippen LogP contribution in [0, 0.1) is 13.8 Å². The number of nitrogens with one attached hydrogen (secondary N) is 1. The normalized spacial score (nSPS) is 17.7. The molecule has 0 radical (unpaired) electrons. The van der Waals surface area contributed by atoms with Crippen molar-refractivity contribution in [3.63, 3.8) is 0 Å². The van der Waals surface area contributed by atoms with Crippen LogP contribution in [-0.4, -0.2) is 45.4 Å². The third kappa shape index (κ3) is 4.15. The average molecular weight is 442 g/mol. The number of aryl methyl sites for hydroxylation is 1. The van der Waals surface area contributed by atoms with Crippen molar-refractivity contribution in [3.8, 4) is 0 Å². The number of likely N-dealkylation sites (tertiary alicyclic amines) is 1. The first-order valence-corrected chi connectivity index (χ1v) is 12.3. The first-order chi connectivity index (χ1) is 14.6. The Morgan fingerprint density at radius 1 is 1.10 bits per heavy atom. The molecule has 0 unspecified atom stereocenters. The van der Waals surface area contributed by atoms with E-state index in [1.165, 1.54) is 0 Å². The monoisotopic (exact) mass is 441 g/mol. The Balaban J connectivity index is 1.61. The van der Waals surface area contributed by atoms with E-state index in [0.717, 1.165) is 48.3 Å². The maximum absolute atomic E-state index is 13.1. The number of benzene rings is 2. The molecule has 0 aromatic heterocycles. The molecule has 0 atom stereocenters. The van der Waals surface area contributed by atoms with E-state index in [9.17, 15) is 13.2 Å². The second-order valence-electron chi connectivity index (χ2n) is 9.36. The lowest BCUT2D eigenvalue weighted by Gasteiger charge is -2.24. The molecule has 1 fully saturated rings. The van der Waals surface area contributed by atoms with Gasteiger partial charge >= 0.3 is 0 Å². The number of nitrogens with zero attached hydrogens (tertiary/aromatic N) is 2. The topological polar surface area (TPSA) is 69.7 Å². The zero-order valence-corrected chi connectivity index (χ0v) is 19.6. The fraction of sp³-hybridized carbons (Fsp3) is 0.458. The molecule has 2 aromatic rings. The highest BCUT2D eigenvalue weighted by Crippen LogP contribution is 2.41. The molecule has 31 heavy (non-hydrogen) atoms. The van der Waals surface area contributed by atoms with Crippen LogP contribution in [0.1, 0.15) is 43.4 Å². The van der Waals surface area contributed by atoms with Gasteiger partial charge in [-0.25, -0.2) is 8.42 Å². The second-order valence-corrected chi connectivity index (χ2v) is 11.0. The van der Waals surface area contributed by atoms with Crippen molar-refractivity contribution in [1.29, 1.82) is 0 Å². The highest BCUT2D eigenvalue weighted by atomic mass is 32.2. The molecule has 2 aliphatic heterocycles. The SMILES string of the molecule is Cc1cccc(NS(=O)(=O)c2ccc3c(c2)C(C)(C)CN3CC(=O)N2CCCC2)c1C. The van der Waals surface area contributed by atoms with Gasteiger partial charge in [0, 0.05) is 30.7 Å². The number of carbonyl (C=O) groups is 1. The van der Waals surface area contributed by atoms with Gasteiger partial charge in [0.05, 0.1) is 17.1 Å². The number of anilines is 2. The highest BCUT2D eigenvalue weighted by Gasteiger charge is 2.37. The maximum Gasteiger partial charge on any atom is 0.261 e. The smallest absolute Gasteiger partial charge is 0.261 e. The number of amides is 1. The molecule has 166 valence electrons. The molecule has 1 N–H and O–H groups in total. The summed E-state index contributed by atoms with van der Waals surface area (Å²) in [6.45, 7) is 10.8. The van der Waals surface area contributed by atoms with Crippen molar-refractivity contribution in [3.05, 3.63) is 53.1 Å². The molecule has 0 spiro atoms. The van der Waals surface area contributed by atoms with Crippen LogP contribution >= 0.6 is 0 Å². The lowest BCUT2D eigenvalue weighted by molar-refractivity contribution is -0.128. The van der Waals surface area contributed by atoms with Crippen molar-refractivity contribution in [1.82, 2.24) is 4.90 Å². The van der Waals surface area contributed by atoms with Crippen LogP contribution in [0.25, 0.3) is 0 Å². The molecule has 2 aliphatic rings. The minimum Gasteiger partial charge on any atom is -0.361 e. The van der Waals surface area contributed by atoms with E-state index in [1.807, 2.05) is 36.9 Å². The lowest BCUT2D eigenvalue weighted by Crippen LogP contribution is -2.40. The van der Waals surface area contributed by atoms with Gasteiger partial charge < -0.3 is 9.80 Å². The van der Waals surface area contributed by atoms with E-state index >= 15 is 0 Å². The fourth-order valence-electron chi connectivity index (χ4n) is 4.58. The molecule has 2 aromatic carbocycles. The van der Waals surface area contributed by atoms with E-state index in [0.29, 0.717) is 18.8 Å². The van der Waals surface area contributed by atoms with Crippen LogP contribution in [0.15, 0.2) is 41.3 Å². The van der Waals surface area contributed by atoms with E-state index in [-0.39, 0.29) is 16.2 Å². The van der Waals surface area contributed by atoms with Gasteiger partial charge in [-0.1, -0.05) is 26.0 Å². The molecule has 6 nitrogen and oxygen atoms in total.